The highest BCUT2D eigenvalue weighted by Gasteiger charge is 2.23. The predicted octanol–water partition coefficient (Wildman–Crippen LogP) is 6.83. The Kier molecular flexibility index (Phi) is 7.26. The van der Waals surface area contributed by atoms with E-state index in [0.717, 1.165) is 16.7 Å². The monoisotopic (exact) mass is 442 g/mol. The van der Waals surface area contributed by atoms with Gasteiger partial charge in [-0.25, -0.2) is 0 Å². The second-order valence-corrected chi connectivity index (χ2v) is 10.3. The normalized spacial score (nSPS) is 11.5. The number of aromatic nitrogens is 2. The van der Waals surface area contributed by atoms with Crippen LogP contribution >= 0.6 is 22.7 Å². The first-order valence-electron chi connectivity index (χ1n) is 10.3. The summed E-state index contributed by atoms with van der Waals surface area (Å²) in [6, 6.07) is 8.47. The Morgan fingerprint density at radius 1 is 0.967 bits per heavy atom. The average molecular weight is 443 g/mol. The molecule has 0 radical (unpaired) electrons. The molecule has 2 N–H and O–H groups in total. The molecule has 160 valence electrons. The Bertz CT molecular complexity index is 962. The lowest BCUT2D eigenvalue weighted by atomic mass is 9.84. The predicted molar refractivity (Wildman–Crippen MR) is 128 cm³/mol. The number of carbonyl (C=O) groups excluding carboxylic acids is 1. The molecule has 3 rings (SSSR count). The Morgan fingerprint density at radius 3 is 2.13 bits per heavy atom. The molecule has 0 saturated carbocycles. The van der Waals surface area contributed by atoms with Crippen LogP contribution in [0.1, 0.15) is 91.2 Å². The second-order valence-electron chi connectivity index (χ2n) is 8.34. The topological polar surface area (TPSA) is 66.9 Å². The molecular formula is C23H30N4OS2. The Balaban J connectivity index is 1.84. The van der Waals surface area contributed by atoms with Gasteiger partial charge in [0.2, 0.25) is 10.3 Å². The van der Waals surface area contributed by atoms with Gasteiger partial charge in [0.05, 0.1) is 6.54 Å². The number of thiophene rings is 1. The third-order valence-electron chi connectivity index (χ3n) is 5.00. The molecule has 3 aromatic rings. The number of benzene rings is 1. The molecule has 0 bridgehead atoms. The van der Waals surface area contributed by atoms with Crippen LogP contribution in [-0.4, -0.2) is 16.1 Å². The van der Waals surface area contributed by atoms with Gasteiger partial charge >= 0.3 is 0 Å². The van der Waals surface area contributed by atoms with Gasteiger partial charge in [-0.2, -0.15) is 0 Å². The summed E-state index contributed by atoms with van der Waals surface area (Å²) in [7, 11) is 0. The fourth-order valence-corrected chi connectivity index (χ4v) is 4.58. The first kappa shape index (κ1) is 22.4. The van der Waals surface area contributed by atoms with E-state index in [0.29, 0.717) is 22.7 Å². The molecule has 1 aromatic carbocycles. The van der Waals surface area contributed by atoms with Crippen molar-refractivity contribution in [1.29, 1.82) is 0 Å². The summed E-state index contributed by atoms with van der Waals surface area (Å²) in [4.78, 5) is 14.5. The molecule has 2 aromatic heterocycles. The van der Waals surface area contributed by atoms with Crippen LogP contribution in [-0.2, 0) is 6.54 Å². The van der Waals surface area contributed by atoms with E-state index in [1.165, 1.54) is 21.8 Å². The van der Waals surface area contributed by atoms with Crippen LogP contribution < -0.4 is 10.6 Å². The molecule has 1 amide bonds. The number of nitrogens with zero attached hydrogens (tertiary/aromatic N) is 2. The molecule has 0 aliphatic rings. The summed E-state index contributed by atoms with van der Waals surface area (Å²) in [5.74, 6) is 0.801. The SMILES string of the molecule is CC(C)c1cc(C(C)C)c(C(=O)Nc2nnc(NCc3cccs3)s2)c(C(C)C)c1. The molecule has 0 spiro atoms. The van der Waals surface area contributed by atoms with E-state index in [1.807, 2.05) is 11.4 Å². The van der Waals surface area contributed by atoms with Gasteiger partial charge in [-0.1, -0.05) is 71.1 Å². The van der Waals surface area contributed by atoms with Gasteiger partial charge in [0, 0.05) is 10.4 Å². The minimum absolute atomic E-state index is 0.112. The number of hydrogen-bond acceptors (Lipinski definition) is 6. The molecule has 7 heteroatoms. The van der Waals surface area contributed by atoms with Crippen molar-refractivity contribution in [1.82, 2.24) is 10.2 Å². The van der Waals surface area contributed by atoms with Crippen LogP contribution in [0.15, 0.2) is 29.6 Å². The van der Waals surface area contributed by atoms with Gasteiger partial charge in [-0.15, -0.1) is 21.5 Å². The molecule has 5 nitrogen and oxygen atoms in total. The maximum atomic E-state index is 13.3. The van der Waals surface area contributed by atoms with E-state index >= 15 is 0 Å². The third-order valence-corrected chi connectivity index (χ3v) is 6.67. The van der Waals surface area contributed by atoms with Crippen molar-refractivity contribution >= 4 is 38.8 Å². The number of carbonyl (C=O) groups is 1. The zero-order valence-corrected chi connectivity index (χ0v) is 20.1. The number of hydrogen-bond donors (Lipinski definition) is 2. The molecule has 2 heterocycles. The van der Waals surface area contributed by atoms with Crippen molar-refractivity contribution in [2.45, 2.75) is 65.8 Å². The molecule has 0 saturated heterocycles. The number of anilines is 2. The molecule has 0 aliphatic carbocycles. The summed E-state index contributed by atoms with van der Waals surface area (Å²) in [6.45, 7) is 13.6. The second kappa shape index (κ2) is 9.71. The molecule has 0 fully saturated rings. The number of nitrogens with one attached hydrogen (secondary N) is 2. The van der Waals surface area contributed by atoms with E-state index in [2.05, 4.69) is 80.6 Å². The summed E-state index contributed by atoms with van der Waals surface area (Å²) in [6.07, 6.45) is 0. The third kappa shape index (κ3) is 5.26. The van der Waals surface area contributed by atoms with Crippen molar-refractivity contribution in [3.05, 3.63) is 56.8 Å². The summed E-state index contributed by atoms with van der Waals surface area (Å²) in [5, 5.41) is 17.8. The fourth-order valence-electron chi connectivity index (χ4n) is 3.30. The van der Waals surface area contributed by atoms with Crippen LogP contribution in [0.2, 0.25) is 0 Å². The van der Waals surface area contributed by atoms with Gasteiger partial charge in [0.25, 0.3) is 5.91 Å². The van der Waals surface area contributed by atoms with E-state index < -0.39 is 0 Å². The van der Waals surface area contributed by atoms with E-state index in [1.54, 1.807) is 11.3 Å². The van der Waals surface area contributed by atoms with Crippen LogP contribution in [0.25, 0.3) is 0 Å². The number of rotatable bonds is 8. The summed E-state index contributed by atoms with van der Waals surface area (Å²) in [5.41, 5.74) is 4.22. The summed E-state index contributed by atoms with van der Waals surface area (Å²) < 4.78 is 0. The minimum Gasteiger partial charge on any atom is -0.355 e. The van der Waals surface area contributed by atoms with Crippen LogP contribution in [0.5, 0.6) is 0 Å². The Morgan fingerprint density at radius 2 is 1.60 bits per heavy atom. The lowest BCUT2D eigenvalue weighted by Crippen LogP contribution is -2.19. The van der Waals surface area contributed by atoms with Crippen LogP contribution in [0, 0.1) is 0 Å². The quantitative estimate of drug-likeness (QED) is 0.401. The Hall–Kier alpha value is -2.25. The maximum Gasteiger partial charge on any atom is 0.258 e. The van der Waals surface area contributed by atoms with E-state index in [-0.39, 0.29) is 17.7 Å². The van der Waals surface area contributed by atoms with Crippen LogP contribution in [0.3, 0.4) is 0 Å². The van der Waals surface area contributed by atoms with E-state index in [4.69, 9.17) is 0 Å². The van der Waals surface area contributed by atoms with Gasteiger partial charge in [0.15, 0.2) is 0 Å². The van der Waals surface area contributed by atoms with Gasteiger partial charge < -0.3 is 5.32 Å². The zero-order chi connectivity index (χ0) is 21.8. The standard InChI is InChI=1S/C23H30N4OS2/c1-13(2)16-10-18(14(3)4)20(19(11-16)15(5)6)21(28)25-23-27-26-22(30-23)24-12-17-8-7-9-29-17/h7-11,13-15H,12H2,1-6H3,(H,24,26)(H,25,27,28). The molecule has 0 atom stereocenters. The summed E-state index contributed by atoms with van der Waals surface area (Å²) >= 11 is 3.05. The van der Waals surface area contributed by atoms with Crippen molar-refractivity contribution in [2.75, 3.05) is 10.6 Å². The smallest absolute Gasteiger partial charge is 0.258 e. The highest BCUT2D eigenvalue weighted by molar-refractivity contribution is 7.19. The number of amides is 1. The van der Waals surface area contributed by atoms with E-state index in [9.17, 15) is 4.79 Å². The molecular weight excluding hydrogens is 412 g/mol. The first-order chi connectivity index (χ1) is 14.3. The van der Waals surface area contributed by atoms with Crippen molar-refractivity contribution < 1.29 is 4.79 Å². The minimum atomic E-state index is -0.112. The van der Waals surface area contributed by atoms with Gasteiger partial charge in [-0.3, -0.25) is 10.1 Å². The fraction of sp³-hybridized carbons (Fsp3) is 0.435. The van der Waals surface area contributed by atoms with Gasteiger partial charge in [0.1, 0.15) is 0 Å². The lowest BCUT2D eigenvalue weighted by molar-refractivity contribution is 0.102. The average Bonchev–Trinajstić information content (AvgIpc) is 3.36. The largest absolute Gasteiger partial charge is 0.355 e. The highest BCUT2D eigenvalue weighted by Crippen LogP contribution is 2.33. The lowest BCUT2D eigenvalue weighted by Gasteiger charge is -2.22. The van der Waals surface area contributed by atoms with Gasteiger partial charge in [-0.05, 0) is 45.9 Å². The zero-order valence-electron chi connectivity index (χ0n) is 18.4. The molecule has 0 unspecified atom stereocenters. The molecule has 0 aliphatic heterocycles. The van der Waals surface area contributed by atoms with Crippen LogP contribution in [0.4, 0.5) is 10.3 Å². The Labute approximate surface area is 187 Å². The van der Waals surface area contributed by atoms with Crippen molar-refractivity contribution in [3.63, 3.8) is 0 Å². The van der Waals surface area contributed by atoms with Crippen molar-refractivity contribution in [2.24, 2.45) is 0 Å². The van der Waals surface area contributed by atoms with Crippen molar-refractivity contribution in [3.8, 4) is 0 Å². The highest BCUT2D eigenvalue weighted by atomic mass is 32.1. The first-order valence-corrected chi connectivity index (χ1v) is 12.0. The maximum absolute atomic E-state index is 13.3. The molecule has 30 heavy (non-hydrogen) atoms.